The van der Waals surface area contributed by atoms with Gasteiger partial charge in [0.1, 0.15) is 11.1 Å². The standard InChI is InChI=1S/C13H9N3O3S/c14-7-8-3-1-2-4-10(8)15-13(19)16-11-9(12(17)18)5-6-20-11/h1-6H,(H,17,18)(H2,15,16,19). The Bertz CT molecular complexity index is 703. The van der Waals surface area contributed by atoms with E-state index in [0.29, 0.717) is 11.3 Å². The third-order valence-electron chi connectivity index (χ3n) is 2.42. The summed E-state index contributed by atoms with van der Waals surface area (Å²) in [5.41, 5.74) is 0.715. The second-order valence-electron chi connectivity index (χ2n) is 3.71. The largest absolute Gasteiger partial charge is 0.478 e. The molecule has 6 nitrogen and oxygen atoms in total. The molecule has 0 saturated heterocycles. The van der Waals surface area contributed by atoms with Crippen molar-refractivity contribution in [1.82, 2.24) is 0 Å². The van der Waals surface area contributed by atoms with Crippen LogP contribution in [0.15, 0.2) is 35.7 Å². The first-order valence-corrected chi connectivity index (χ1v) is 6.37. The number of anilines is 2. The number of para-hydroxylation sites is 1. The quantitative estimate of drug-likeness (QED) is 0.807. The normalized spacial score (nSPS) is 9.55. The molecule has 0 saturated carbocycles. The summed E-state index contributed by atoms with van der Waals surface area (Å²) in [6.07, 6.45) is 0. The lowest BCUT2D eigenvalue weighted by Crippen LogP contribution is -2.20. The molecule has 20 heavy (non-hydrogen) atoms. The Morgan fingerprint density at radius 3 is 2.65 bits per heavy atom. The van der Waals surface area contributed by atoms with Gasteiger partial charge in [-0.1, -0.05) is 12.1 Å². The fourth-order valence-electron chi connectivity index (χ4n) is 1.52. The van der Waals surface area contributed by atoms with E-state index in [1.807, 2.05) is 6.07 Å². The SMILES string of the molecule is N#Cc1ccccc1NC(=O)Nc1sccc1C(=O)O. The van der Waals surface area contributed by atoms with Crippen LogP contribution in [-0.4, -0.2) is 17.1 Å². The third kappa shape index (κ3) is 2.93. The Morgan fingerprint density at radius 2 is 1.95 bits per heavy atom. The summed E-state index contributed by atoms with van der Waals surface area (Å²) >= 11 is 1.11. The topological polar surface area (TPSA) is 102 Å². The monoisotopic (exact) mass is 287 g/mol. The van der Waals surface area contributed by atoms with E-state index < -0.39 is 12.0 Å². The van der Waals surface area contributed by atoms with Gasteiger partial charge in [-0.15, -0.1) is 11.3 Å². The van der Waals surface area contributed by atoms with Crippen LogP contribution < -0.4 is 10.6 Å². The van der Waals surface area contributed by atoms with Crippen LogP contribution in [0.25, 0.3) is 0 Å². The van der Waals surface area contributed by atoms with Gasteiger partial charge in [-0.2, -0.15) is 5.26 Å². The number of carbonyl (C=O) groups is 2. The molecular weight excluding hydrogens is 278 g/mol. The maximum absolute atomic E-state index is 11.8. The number of benzene rings is 1. The number of thiophene rings is 1. The Labute approximate surface area is 118 Å². The smallest absolute Gasteiger partial charge is 0.338 e. The zero-order valence-corrected chi connectivity index (χ0v) is 10.9. The molecular formula is C13H9N3O3S. The number of nitrogens with zero attached hydrogens (tertiary/aromatic N) is 1. The summed E-state index contributed by atoms with van der Waals surface area (Å²) in [4.78, 5) is 22.7. The highest BCUT2D eigenvalue weighted by atomic mass is 32.1. The summed E-state index contributed by atoms with van der Waals surface area (Å²) in [5, 5.41) is 24.6. The molecule has 1 aromatic heterocycles. The van der Waals surface area contributed by atoms with E-state index in [9.17, 15) is 9.59 Å². The van der Waals surface area contributed by atoms with Crippen molar-refractivity contribution in [2.75, 3.05) is 10.6 Å². The number of hydrogen-bond donors (Lipinski definition) is 3. The van der Waals surface area contributed by atoms with Crippen LogP contribution in [0.4, 0.5) is 15.5 Å². The predicted molar refractivity (Wildman–Crippen MR) is 75.1 cm³/mol. The van der Waals surface area contributed by atoms with Gasteiger partial charge in [0.05, 0.1) is 16.8 Å². The Hall–Kier alpha value is -2.85. The maximum atomic E-state index is 11.8. The molecule has 100 valence electrons. The zero-order valence-electron chi connectivity index (χ0n) is 10.1. The Morgan fingerprint density at radius 1 is 1.20 bits per heavy atom. The first-order valence-electron chi connectivity index (χ1n) is 5.49. The van der Waals surface area contributed by atoms with Crippen molar-refractivity contribution in [2.45, 2.75) is 0 Å². The van der Waals surface area contributed by atoms with E-state index in [4.69, 9.17) is 10.4 Å². The highest BCUT2D eigenvalue weighted by Gasteiger charge is 2.14. The van der Waals surface area contributed by atoms with E-state index in [0.717, 1.165) is 11.3 Å². The number of urea groups is 1. The van der Waals surface area contributed by atoms with E-state index in [2.05, 4.69) is 10.6 Å². The molecule has 0 aliphatic carbocycles. The second-order valence-corrected chi connectivity index (χ2v) is 4.62. The number of nitrogens with one attached hydrogen (secondary N) is 2. The fraction of sp³-hybridized carbons (Fsp3) is 0. The number of nitriles is 1. The fourth-order valence-corrected chi connectivity index (χ4v) is 2.29. The molecule has 2 rings (SSSR count). The van der Waals surface area contributed by atoms with Crippen LogP contribution in [-0.2, 0) is 0 Å². The average Bonchev–Trinajstić information content (AvgIpc) is 2.87. The van der Waals surface area contributed by atoms with Gasteiger partial charge in [0, 0.05) is 0 Å². The predicted octanol–water partition coefficient (Wildman–Crippen LogP) is 2.96. The van der Waals surface area contributed by atoms with E-state index >= 15 is 0 Å². The molecule has 0 fully saturated rings. The lowest BCUT2D eigenvalue weighted by Gasteiger charge is -2.08. The van der Waals surface area contributed by atoms with Crippen molar-refractivity contribution in [3.63, 3.8) is 0 Å². The Balaban J connectivity index is 2.12. The molecule has 1 aromatic carbocycles. The highest BCUT2D eigenvalue weighted by molar-refractivity contribution is 7.14. The van der Waals surface area contributed by atoms with Gasteiger partial charge in [0.25, 0.3) is 0 Å². The van der Waals surface area contributed by atoms with Gasteiger partial charge in [-0.05, 0) is 23.6 Å². The molecule has 2 aromatic rings. The van der Waals surface area contributed by atoms with Gasteiger partial charge in [0.15, 0.2) is 0 Å². The maximum Gasteiger partial charge on any atom is 0.338 e. The van der Waals surface area contributed by atoms with Gasteiger partial charge >= 0.3 is 12.0 Å². The third-order valence-corrected chi connectivity index (χ3v) is 3.25. The molecule has 0 radical (unpaired) electrons. The summed E-state index contributed by atoms with van der Waals surface area (Å²) in [5.74, 6) is -1.11. The number of hydrogen-bond acceptors (Lipinski definition) is 4. The van der Waals surface area contributed by atoms with Crippen LogP contribution in [0.3, 0.4) is 0 Å². The van der Waals surface area contributed by atoms with Gasteiger partial charge < -0.3 is 10.4 Å². The number of carboxylic acids is 1. The first kappa shape index (κ1) is 13.6. The molecule has 7 heteroatoms. The summed E-state index contributed by atoms with van der Waals surface area (Å²) in [6.45, 7) is 0. The number of aromatic carboxylic acids is 1. The van der Waals surface area contributed by atoms with Crippen LogP contribution >= 0.6 is 11.3 Å². The number of rotatable bonds is 3. The van der Waals surface area contributed by atoms with Crippen LogP contribution in [0, 0.1) is 11.3 Å². The second kappa shape index (κ2) is 5.86. The van der Waals surface area contributed by atoms with Crippen molar-refractivity contribution in [3.05, 3.63) is 46.8 Å². The first-order chi connectivity index (χ1) is 9.61. The molecule has 0 spiro atoms. The minimum absolute atomic E-state index is 0.0266. The van der Waals surface area contributed by atoms with Gasteiger partial charge in [-0.3, -0.25) is 5.32 Å². The minimum Gasteiger partial charge on any atom is -0.478 e. The molecule has 1 heterocycles. The minimum atomic E-state index is -1.11. The number of carboxylic acid groups (broad SMARTS) is 1. The Kier molecular flexibility index (Phi) is 3.98. The molecule has 2 amide bonds. The van der Waals surface area contributed by atoms with Crippen molar-refractivity contribution in [3.8, 4) is 6.07 Å². The molecule has 0 atom stereocenters. The van der Waals surface area contributed by atoms with Gasteiger partial charge in [0.2, 0.25) is 0 Å². The number of carbonyl (C=O) groups excluding carboxylic acids is 1. The van der Waals surface area contributed by atoms with Crippen molar-refractivity contribution >= 4 is 34.0 Å². The van der Waals surface area contributed by atoms with Crippen molar-refractivity contribution in [1.29, 1.82) is 5.26 Å². The molecule has 0 aliphatic rings. The van der Waals surface area contributed by atoms with E-state index in [1.165, 1.54) is 6.07 Å². The average molecular weight is 287 g/mol. The molecule has 0 aliphatic heterocycles. The lowest BCUT2D eigenvalue weighted by atomic mass is 10.2. The van der Waals surface area contributed by atoms with Crippen molar-refractivity contribution in [2.24, 2.45) is 0 Å². The molecule has 3 N–H and O–H groups in total. The molecule has 0 unspecified atom stereocenters. The zero-order chi connectivity index (χ0) is 14.5. The van der Waals surface area contributed by atoms with Crippen LogP contribution in [0.1, 0.15) is 15.9 Å². The highest BCUT2D eigenvalue weighted by Crippen LogP contribution is 2.23. The van der Waals surface area contributed by atoms with Crippen LogP contribution in [0.2, 0.25) is 0 Å². The van der Waals surface area contributed by atoms with E-state index in [-0.39, 0.29) is 10.6 Å². The number of amides is 2. The summed E-state index contributed by atoms with van der Waals surface area (Å²) < 4.78 is 0. The summed E-state index contributed by atoms with van der Waals surface area (Å²) in [6, 6.07) is 9.29. The lowest BCUT2D eigenvalue weighted by molar-refractivity contribution is 0.0698. The summed E-state index contributed by atoms with van der Waals surface area (Å²) in [7, 11) is 0. The van der Waals surface area contributed by atoms with Gasteiger partial charge in [-0.25, -0.2) is 9.59 Å². The van der Waals surface area contributed by atoms with Crippen LogP contribution in [0.5, 0.6) is 0 Å². The van der Waals surface area contributed by atoms with E-state index in [1.54, 1.807) is 29.6 Å². The molecule has 0 bridgehead atoms. The van der Waals surface area contributed by atoms with Crippen molar-refractivity contribution < 1.29 is 14.7 Å².